The van der Waals surface area contributed by atoms with E-state index in [0.29, 0.717) is 61.5 Å². The van der Waals surface area contributed by atoms with Crippen LogP contribution in [0.15, 0.2) is 60.9 Å². The Kier molecular flexibility index (Phi) is 6.43. The lowest BCUT2D eigenvalue weighted by Gasteiger charge is -2.34. The highest BCUT2D eigenvalue weighted by molar-refractivity contribution is 5.94. The van der Waals surface area contributed by atoms with E-state index in [-0.39, 0.29) is 18.1 Å². The number of hydrogen-bond acceptors (Lipinski definition) is 4. The fraction of sp³-hybridized carbons (Fsp3) is 0.393. The molecular weight excluding hydrogens is 495 g/mol. The van der Waals surface area contributed by atoms with Crippen molar-refractivity contribution < 1.29 is 22.7 Å². The van der Waals surface area contributed by atoms with Crippen molar-refractivity contribution in [3.05, 3.63) is 83.4 Å². The number of rotatable bonds is 5. The number of alkyl halides is 3. The zero-order valence-electron chi connectivity index (χ0n) is 20.8. The molecule has 2 aliphatic rings. The second-order valence-electron chi connectivity index (χ2n) is 9.97. The predicted octanol–water partition coefficient (Wildman–Crippen LogP) is 5.63. The van der Waals surface area contributed by atoms with Gasteiger partial charge < -0.3 is 14.2 Å². The second-order valence-corrected chi connectivity index (χ2v) is 9.97. The number of fused-ring (bicyclic) bond motifs is 1. The summed E-state index contributed by atoms with van der Waals surface area (Å²) in [5, 5.41) is 4.23. The van der Waals surface area contributed by atoms with Gasteiger partial charge in [-0.1, -0.05) is 12.1 Å². The monoisotopic (exact) mass is 523 g/mol. The Morgan fingerprint density at radius 3 is 2.61 bits per heavy atom. The quantitative estimate of drug-likeness (QED) is 0.340. The van der Waals surface area contributed by atoms with E-state index < -0.39 is 11.7 Å². The molecule has 0 N–H and O–H groups in total. The van der Waals surface area contributed by atoms with Crippen molar-refractivity contribution in [2.75, 3.05) is 19.7 Å². The maximum absolute atomic E-state index is 13.4. The van der Waals surface area contributed by atoms with Crippen LogP contribution in [-0.2, 0) is 17.5 Å². The average molecular weight is 524 g/mol. The van der Waals surface area contributed by atoms with E-state index in [2.05, 4.69) is 14.6 Å². The average Bonchev–Trinajstić information content (AvgIpc) is 3.69. The molecule has 7 nitrogen and oxygen atoms in total. The molecule has 0 spiro atoms. The summed E-state index contributed by atoms with van der Waals surface area (Å²) in [5.41, 5.74) is 1.95. The highest BCUT2D eigenvalue weighted by Crippen LogP contribution is 2.38. The first kappa shape index (κ1) is 24.7. The van der Waals surface area contributed by atoms with Gasteiger partial charge in [0.25, 0.3) is 5.91 Å². The molecule has 2 saturated heterocycles. The Labute approximate surface area is 217 Å². The van der Waals surface area contributed by atoms with E-state index >= 15 is 0 Å². The lowest BCUT2D eigenvalue weighted by atomic mass is 10.0. The Morgan fingerprint density at radius 1 is 1.05 bits per heavy atom. The zero-order chi connectivity index (χ0) is 26.3. The smallest absolute Gasteiger partial charge is 0.370 e. The van der Waals surface area contributed by atoms with Crippen LogP contribution in [0.3, 0.4) is 0 Å². The summed E-state index contributed by atoms with van der Waals surface area (Å²) >= 11 is 0. The van der Waals surface area contributed by atoms with Crippen molar-refractivity contribution in [2.24, 2.45) is 0 Å². The van der Waals surface area contributed by atoms with E-state index in [4.69, 9.17) is 4.74 Å². The van der Waals surface area contributed by atoms with Gasteiger partial charge >= 0.3 is 6.18 Å². The molecule has 0 aliphatic carbocycles. The highest BCUT2D eigenvalue weighted by Gasteiger charge is 2.34. The van der Waals surface area contributed by atoms with Crippen molar-refractivity contribution in [2.45, 2.75) is 50.6 Å². The van der Waals surface area contributed by atoms with Crippen LogP contribution in [0.25, 0.3) is 11.0 Å². The van der Waals surface area contributed by atoms with Gasteiger partial charge in [-0.15, -0.1) is 0 Å². The number of piperidine rings is 1. The minimum Gasteiger partial charge on any atom is -0.370 e. The van der Waals surface area contributed by atoms with Crippen molar-refractivity contribution in [1.29, 1.82) is 0 Å². The van der Waals surface area contributed by atoms with Crippen LogP contribution in [0.4, 0.5) is 13.2 Å². The molecular formula is C28H28F3N5O2. The van der Waals surface area contributed by atoms with E-state index in [1.54, 1.807) is 6.20 Å². The Balaban J connectivity index is 1.22. The van der Waals surface area contributed by atoms with Gasteiger partial charge in [-0.3, -0.25) is 9.48 Å². The zero-order valence-corrected chi connectivity index (χ0v) is 20.8. The lowest BCUT2D eigenvalue weighted by molar-refractivity contribution is -0.137. The third kappa shape index (κ3) is 4.80. The third-order valence-corrected chi connectivity index (χ3v) is 7.46. The summed E-state index contributed by atoms with van der Waals surface area (Å²) in [6.07, 6.45) is 2.01. The summed E-state index contributed by atoms with van der Waals surface area (Å²) < 4.78 is 49.8. The largest absolute Gasteiger partial charge is 0.416 e. The van der Waals surface area contributed by atoms with Gasteiger partial charge in [-0.2, -0.15) is 18.3 Å². The Bertz CT molecular complexity index is 1430. The van der Waals surface area contributed by atoms with E-state index in [1.165, 1.54) is 6.07 Å². The number of halogens is 3. The molecule has 10 heteroatoms. The molecule has 0 bridgehead atoms. The first-order valence-corrected chi connectivity index (χ1v) is 12.9. The van der Waals surface area contributed by atoms with Crippen LogP contribution >= 0.6 is 0 Å². The SMILES string of the molecule is O=C(c1cccc(Cn2cccn2)c1)N1CCC(n2c(C3CCCO3)nc3cc(C(F)(F)F)ccc32)CC1. The summed E-state index contributed by atoms with van der Waals surface area (Å²) in [5.74, 6) is 0.670. The predicted molar refractivity (Wildman–Crippen MR) is 135 cm³/mol. The first-order valence-electron chi connectivity index (χ1n) is 12.9. The van der Waals surface area contributed by atoms with Gasteiger partial charge in [0, 0.05) is 43.7 Å². The van der Waals surface area contributed by atoms with Crippen molar-refractivity contribution in [1.82, 2.24) is 24.2 Å². The summed E-state index contributed by atoms with van der Waals surface area (Å²) in [7, 11) is 0. The molecule has 2 aromatic carbocycles. The molecule has 0 saturated carbocycles. The standard InChI is InChI=1S/C28H28F3N5O2/c29-28(30,31)21-7-8-24-23(17-21)33-26(25-6-2-15-38-25)36(24)22-9-13-34(14-10-22)27(37)20-5-1-4-19(16-20)18-35-12-3-11-32-35/h1,3-5,7-8,11-12,16-17,22,25H,2,6,9-10,13-15,18H2. The molecule has 2 fully saturated rings. The Morgan fingerprint density at radius 2 is 1.89 bits per heavy atom. The van der Waals surface area contributed by atoms with Crippen molar-refractivity contribution in [3.63, 3.8) is 0 Å². The van der Waals surface area contributed by atoms with Crippen LogP contribution in [0, 0.1) is 0 Å². The number of nitrogens with zero attached hydrogens (tertiary/aromatic N) is 5. The maximum Gasteiger partial charge on any atom is 0.416 e. The van der Waals surface area contributed by atoms with Gasteiger partial charge in [0.15, 0.2) is 0 Å². The number of carbonyl (C=O) groups excluding carboxylic acids is 1. The van der Waals surface area contributed by atoms with Gasteiger partial charge in [0.2, 0.25) is 0 Å². The Hall–Kier alpha value is -3.66. The molecule has 6 rings (SSSR count). The molecule has 198 valence electrons. The molecule has 1 amide bonds. The minimum atomic E-state index is -4.43. The van der Waals surface area contributed by atoms with Gasteiger partial charge in [0.05, 0.1) is 23.1 Å². The van der Waals surface area contributed by atoms with Crippen LogP contribution < -0.4 is 0 Å². The van der Waals surface area contributed by atoms with Crippen molar-refractivity contribution >= 4 is 16.9 Å². The number of amides is 1. The number of ether oxygens (including phenoxy) is 1. The van der Waals surface area contributed by atoms with Crippen LogP contribution in [-0.4, -0.2) is 49.8 Å². The topological polar surface area (TPSA) is 65.2 Å². The summed E-state index contributed by atoms with van der Waals surface area (Å²) in [4.78, 5) is 19.8. The van der Waals surface area contributed by atoms with Crippen LogP contribution in [0.1, 0.15) is 65.1 Å². The van der Waals surface area contributed by atoms with Crippen LogP contribution in [0.5, 0.6) is 0 Å². The molecule has 0 radical (unpaired) electrons. The van der Waals surface area contributed by atoms with E-state index in [0.717, 1.165) is 30.5 Å². The molecule has 1 atom stereocenters. The number of benzene rings is 2. The normalized spacial score (nSPS) is 18.9. The number of carbonyl (C=O) groups is 1. The molecule has 2 aliphatic heterocycles. The molecule has 4 heterocycles. The first-order chi connectivity index (χ1) is 18.4. The molecule has 4 aromatic rings. The fourth-order valence-corrected chi connectivity index (χ4v) is 5.58. The molecule has 38 heavy (non-hydrogen) atoms. The van der Waals surface area contributed by atoms with Gasteiger partial charge in [-0.05, 0) is 67.6 Å². The number of aromatic nitrogens is 4. The summed E-state index contributed by atoms with van der Waals surface area (Å²) in [6.45, 7) is 2.32. The maximum atomic E-state index is 13.4. The fourth-order valence-electron chi connectivity index (χ4n) is 5.58. The van der Waals surface area contributed by atoms with E-state index in [1.807, 2.05) is 46.1 Å². The van der Waals surface area contributed by atoms with Gasteiger partial charge in [-0.25, -0.2) is 4.98 Å². The van der Waals surface area contributed by atoms with Gasteiger partial charge in [0.1, 0.15) is 11.9 Å². The van der Waals surface area contributed by atoms with Crippen LogP contribution in [0.2, 0.25) is 0 Å². The highest BCUT2D eigenvalue weighted by atomic mass is 19.4. The lowest BCUT2D eigenvalue weighted by Crippen LogP contribution is -2.39. The number of likely N-dealkylation sites (tertiary alicyclic amines) is 1. The number of imidazole rings is 1. The molecule has 1 unspecified atom stereocenters. The molecule has 2 aromatic heterocycles. The summed E-state index contributed by atoms with van der Waals surface area (Å²) in [6, 6.07) is 13.3. The van der Waals surface area contributed by atoms with Crippen molar-refractivity contribution in [3.8, 4) is 0 Å². The van der Waals surface area contributed by atoms with E-state index in [9.17, 15) is 18.0 Å². The minimum absolute atomic E-state index is 0.0181. The number of hydrogen-bond donors (Lipinski definition) is 0. The second kappa shape index (κ2) is 9.90. The third-order valence-electron chi connectivity index (χ3n) is 7.46.